The molecule has 0 heterocycles. The van der Waals surface area contributed by atoms with E-state index in [9.17, 15) is 14.9 Å². The molecule has 0 radical (unpaired) electrons. The number of non-ortho nitro benzene ring substituents is 1. The molecule has 0 bridgehead atoms. The van der Waals surface area contributed by atoms with Crippen molar-refractivity contribution in [2.75, 3.05) is 7.11 Å². The van der Waals surface area contributed by atoms with Crippen LogP contribution in [0.3, 0.4) is 0 Å². The summed E-state index contributed by atoms with van der Waals surface area (Å²) in [5.41, 5.74) is 0.506. The van der Waals surface area contributed by atoms with Crippen molar-refractivity contribution in [2.45, 2.75) is 13.3 Å². The number of hydrogen-bond acceptors (Lipinski definition) is 4. The standard InChI is InChI=1S/C10H11NO4/c1-7(12)5-8-6-9(11(13)14)3-4-10(8)15-2/h3-4,6H,5H2,1-2H3. The van der Waals surface area contributed by atoms with Crippen LogP contribution >= 0.6 is 0 Å². The first kappa shape index (κ1) is 11.2. The number of carbonyl (C=O) groups is 1. The van der Waals surface area contributed by atoms with Gasteiger partial charge in [0.15, 0.2) is 0 Å². The Kier molecular flexibility index (Phi) is 3.38. The third-order valence-corrected chi connectivity index (χ3v) is 1.91. The normalized spacial score (nSPS) is 9.73. The highest BCUT2D eigenvalue weighted by Gasteiger charge is 2.12. The van der Waals surface area contributed by atoms with Crippen LogP contribution in [0, 0.1) is 10.1 Å². The van der Waals surface area contributed by atoms with Gasteiger partial charge in [-0.15, -0.1) is 0 Å². The Bertz CT molecular complexity index is 400. The minimum absolute atomic E-state index is 0.0351. The van der Waals surface area contributed by atoms with Crippen LogP contribution in [0.2, 0.25) is 0 Å². The zero-order valence-corrected chi connectivity index (χ0v) is 8.52. The maximum absolute atomic E-state index is 10.9. The van der Waals surface area contributed by atoms with Crippen LogP contribution in [0.4, 0.5) is 5.69 Å². The fourth-order valence-corrected chi connectivity index (χ4v) is 1.28. The highest BCUT2D eigenvalue weighted by atomic mass is 16.6. The number of ketones is 1. The topological polar surface area (TPSA) is 69.4 Å². The molecular formula is C10H11NO4. The van der Waals surface area contributed by atoms with Gasteiger partial charge in [-0.1, -0.05) is 0 Å². The van der Waals surface area contributed by atoms with Gasteiger partial charge in [0.05, 0.1) is 12.0 Å². The van der Waals surface area contributed by atoms with Crippen LogP contribution in [0.25, 0.3) is 0 Å². The lowest BCUT2D eigenvalue weighted by Gasteiger charge is -2.06. The molecule has 0 saturated carbocycles. The number of nitro benzene ring substituents is 1. The SMILES string of the molecule is COc1ccc([N+](=O)[O-])cc1CC(C)=O. The van der Waals surface area contributed by atoms with Crippen molar-refractivity contribution < 1.29 is 14.5 Å². The Labute approximate surface area is 86.8 Å². The number of rotatable bonds is 4. The second-order valence-electron chi connectivity index (χ2n) is 3.13. The van der Waals surface area contributed by atoms with Crippen molar-refractivity contribution in [3.8, 4) is 5.75 Å². The van der Waals surface area contributed by atoms with Crippen molar-refractivity contribution in [1.29, 1.82) is 0 Å². The number of carbonyl (C=O) groups excluding carboxylic acids is 1. The minimum atomic E-state index is -0.497. The van der Waals surface area contributed by atoms with E-state index < -0.39 is 4.92 Å². The summed E-state index contributed by atoms with van der Waals surface area (Å²) < 4.78 is 5.01. The van der Waals surface area contributed by atoms with E-state index in [1.807, 2.05) is 0 Å². The van der Waals surface area contributed by atoms with Crippen LogP contribution in [0.5, 0.6) is 5.75 Å². The number of hydrogen-bond donors (Lipinski definition) is 0. The van der Waals surface area contributed by atoms with Crippen LogP contribution in [-0.4, -0.2) is 17.8 Å². The summed E-state index contributed by atoms with van der Waals surface area (Å²) >= 11 is 0. The summed E-state index contributed by atoms with van der Waals surface area (Å²) in [7, 11) is 1.46. The van der Waals surface area contributed by atoms with E-state index in [1.165, 1.54) is 32.2 Å². The number of benzene rings is 1. The first-order valence-electron chi connectivity index (χ1n) is 4.35. The molecule has 0 aliphatic rings. The van der Waals surface area contributed by atoms with Gasteiger partial charge in [0.2, 0.25) is 0 Å². The molecule has 0 saturated heterocycles. The van der Waals surface area contributed by atoms with Gasteiger partial charge in [-0.05, 0) is 13.0 Å². The Balaban J connectivity index is 3.12. The van der Waals surface area contributed by atoms with Gasteiger partial charge in [-0.25, -0.2) is 0 Å². The number of nitrogens with zero attached hydrogens (tertiary/aromatic N) is 1. The van der Waals surface area contributed by atoms with Gasteiger partial charge in [0.25, 0.3) is 5.69 Å². The molecule has 0 aromatic heterocycles. The van der Waals surface area contributed by atoms with Gasteiger partial charge >= 0.3 is 0 Å². The van der Waals surface area contributed by atoms with E-state index in [4.69, 9.17) is 4.74 Å². The Morgan fingerprint density at radius 3 is 2.67 bits per heavy atom. The smallest absolute Gasteiger partial charge is 0.269 e. The Morgan fingerprint density at radius 2 is 2.20 bits per heavy atom. The van der Waals surface area contributed by atoms with Crippen LogP contribution in [0.15, 0.2) is 18.2 Å². The summed E-state index contributed by atoms with van der Waals surface area (Å²) in [4.78, 5) is 21.0. The molecule has 1 aromatic carbocycles. The molecule has 0 amide bonds. The molecule has 0 atom stereocenters. The maximum Gasteiger partial charge on any atom is 0.269 e. The average Bonchev–Trinajstić information content (AvgIpc) is 2.16. The van der Waals surface area contributed by atoms with E-state index in [1.54, 1.807) is 0 Å². The first-order valence-corrected chi connectivity index (χ1v) is 4.35. The lowest BCUT2D eigenvalue weighted by molar-refractivity contribution is -0.384. The molecule has 0 fully saturated rings. The van der Waals surface area contributed by atoms with Gasteiger partial charge in [0.1, 0.15) is 11.5 Å². The molecule has 0 spiro atoms. The average molecular weight is 209 g/mol. The minimum Gasteiger partial charge on any atom is -0.496 e. The van der Waals surface area contributed by atoms with Gasteiger partial charge in [-0.2, -0.15) is 0 Å². The van der Waals surface area contributed by atoms with Crippen molar-refractivity contribution in [3.05, 3.63) is 33.9 Å². The molecule has 5 nitrogen and oxygen atoms in total. The monoisotopic (exact) mass is 209 g/mol. The molecule has 0 aliphatic carbocycles. The molecule has 0 unspecified atom stereocenters. The zero-order valence-electron chi connectivity index (χ0n) is 8.52. The molecule has 0 aliphatic heterocycles. The van der Waals surface area contributed by atoms with Crippen LogP contribution in [0.1, 0.15) is 12.5 Å². The van der Waals surface area contributed by atoms with Gasteiger partial charge in [0, 0.05) is 24.1 Å². The van der Waals surface area contributed by atoms with Crippen LogP contribution < -0.4 is 4.74 Å². The van der Waals surface area contributed by atoms with E-state index in [-0.39, 0.29) is 17.9 Å². The fraction of sp³-hybridized carbons (Fsp3) is 0.300. The molecular weight excluding hydrogens is 198 g/mol. The molecule has 15 heavy (non-hydrogen) atoms. The van der Waals surface area contributed by atoms with E-state index in [0.29, 0.717) is 11.3 Å². The summed E-state index contributed by atoms with van der Waals surface area (Å²) in [6.45, 7) is 1.43. The molecule has 0 N–H and O–H groups in total. The summed E-state index contributed by atoms with van der Waals surface area (Å²) in [5, 5.41) is 10.5. The predicted molar refractivity (Wildman–Crippen MR) is 54.0 cm³/mol. The molecule has 80 valence electrons. The van der Waals surface area contributed by atoms with Gasteiger partial charge < -0.3 is 4.74 Å². The highest BCUT2D eigenvalue weighted by molar-refractivity contribution is 5.79. The fourth-order valence-electron chi connectivity index (χ4n) is 1.28. The maximum atomic E-state index is 10.9. The number of methoxy groups -OCH3 is 1. The number of Topliss-reactive ketones (excluding diaryl/α,β-unsaturated/α-hetero) is 1. The largest absolute Gasteiger partial charge is 0.496 e. The summed E-state index contributed by atoms with van der Waals surface area (Å²) in [6.07, 6.45) is 0.144. The quantitative estimate of drug-likeness (QED) is 0.559. The van der Waals surface area contributed by atoms with Gasteiger partial charge in [-0.3, -0.25) is 14.9 Å². The third kappa shape index (κ3) is 2.77. The van der Waals surface area contributed by atoms with E-state index in [0.717, 1.165) is 0 Å². The Morgan fingerprint density at radius 1 is 1.53 bits per heavy atom. The van der Waals surface area contributed by atoms with Crippen LogP contribution in [-0.2, 0) is 11.2 Å². The zero-order chi connectivity index (χ0) is 11.4. The molecule has 5 heteroatoms. The molecule has 1 rings (SSSR count). The van der Waals surface area contributed by atoms with E-state index in [2.05, 4.69) is 0 Å². The van der Waals surface area contributed by atoms with Crippen molar-refractivity contribution in [3.63, 3.8) is 0 Å². The first-order chi connectivity index (χ1) is 7.04. The lowest BCUT2D eigenvalue weighted by atomic mass is 10.1. The predicted octanol–water partition coefficient (Wildman–Crippen LogP) is 1.73. The van der Waals surface area contributed by atoms with Crippen molar-refractivity contribution >= 4 is 11.5 Å². The van der Waals surface area contributed by atoms with Crippen molar-refractivity contribution in [1.82, 2.24) is 0 Å². The number of ether oxygens (including phenoxy) is 1. The second-order valence-corrected chi connectivity index (χ2v) is 3.13. The Hall–Kier alpha value is -1.91. The van der Waals surface area contributed by atoms with E-state index >= 15 is 0 Å². The summed E-state index contributed by atoms with van der Waals surface area (Å²) in [5.74, 6) is 0.435. The van der Waals surface area contributed by atoms with Crippen molar-refractivity contribution in [2.24, 2.45) is 0 Å². The second kappa shape index (κ2) is 4.54. The summed E-state index contributed by atoms with van der Waals surface area (Å²) in [6, 6.07) is 4.21. The highest BCUT2D eigenvalue weighted by Crippen LogP contribution is 2.24. The molecule has 1 aromatic rings. The number of nitro groups is 1. The lowest BCUT2D eigenvalue weighted by Crippen LogP contribution is -2.00. The third-order valence-electron chi connectivity index (χ3n) is 1.91.